The van der Waals surface area contributed by atoms with Crippen molar-refractivity contribution in [3.8, 4) is 11.3 Å². The average molecular weight is 582 g/mol. The van der Waals surface area contributed by atoms with Crippen LogP contribution in [0.3, 0.4) is 0 Å². The van der Waals surface area contributed by atoms with Gasteiger partial charge in [0.15, 0.2) is 4.80 Å². The third-order valence-corrected chi connectivity index (χ3v) is 8.35. The molecule has 5 rings (SSSR count). The molecule has 0 aliphatic carbocycles. The van der Waals surface area contributed by atoms with E-state index in [-0.39, 0.29) is 12.2 Å². The van der Waals surface area contributed by atoms with Gasteiger partial charge in [-0.15, -0.1) is 0 Å². The molecular formula is C30H26Cl2N2O4S. The quantitative estimate of drug-likeness (QED) is 0.244. The summed E-state index contributed by atoms with van der Waals surface area (Å²) in [5.41, 5.74) is 3.23. The fourth-order valence-corrected chi connectivity index (χ4v) is 5.99. The summed E-state index contributed by atoms with van der Waals surface area (Å²) >= 11 is 13.8. The number of allylic oxidation sites excluding steroid dienone is 1. The molecule has 1 aliphatic rings. The zero-order valence-corrected chi connectivity index (χ0v) is 24.2. The minimum atomic E-state index is -0.666. The Bertz CT molecular complexity index is 1780. The van der Waals surface area contributed by atoms with Gasteiger partial charge in [-0.2, -0.15) is 0 Å². The fourth-order valence-electron chi connectivity index (χ4n) is 4.57. The molecular weight excluding hydrogens is 555 g/mol. The van der Waals surface area contributed by atoms with Crippen LogP contribution in [0.4, 0.5) is 0 Å². The van der Waals surface area contributed by atoms with Gasteiger partial charge in [0, 0.05) is 11.6 Å². The van der Waals surface area contributed by atoms with Crippen molar-refractivity contribution in [1.29, 1.82) is 0 Å². The van der Waals surface area contributed by atoms with Crippen LogP contribution in [0.15, 0.2) is 80.1 Å². The maximum atomic E-state index is 13.8. The minimum absolute atomic E-state index is 0.219. The molecule has 0 radical (unpaired) electrons. The summed E-state index contributed by atoms with van der Waals surface area (Å²) < 4.78 is 13.4. The molecule has 0 fully saturated rings. The van der Waals surface area contributed by atoms with Crippen molar-refractivity contribution in [3.63, 3.8) is 0 Å². The highest BCUT2D eigenvalue weighted by Gasteiger charge is 2.33. The molecule has 2 aromatic carbocycles. The van der Waals surface area contributed by atoms with Crippen molar-refractivity contribution in [2.45, 2.75) is 39.7 Å². The maximum absolute atomic E-state index is 13.8. The second kappa shape index (κ2) is 11.0. The highest BCUT2D eigenvalue weighted by atomic mass is 35.5. The second-order valence-corrected chi connectivity index (χ2v) is 11.2. The van der Waals surface area contributed by atoms with Crippen LogP contribution in [0.5, 0.6) is 0 Å². The first-order valence-electron chi connectivity index (χ1n) is 12.5. The Morgan fingerprint density at radius 1 is 1.15 bits per heavy atom. The summed E-state index contributed by atoms with van der Waals surface area (Å²) in [6.07, 6.45) is 1.67. The summed E-state index contributed by atoms with van der Waals surface area (Å²) in [6.45, 7) is 7.98. The van der Waals surface area contributed by atoms with Crippen molar-refractivity contribution in [1.82, 2.24) is 4.57 Å². The van der Waals surface area contributed by atoms with Crippen LogP contribution >= 0.6 is 34.5 Å². The van der Waals surface area contributed by atoms with Gasteiger partial charge < -0.3 is 9.15 Å². The number of nitrogens with zero attached hydrogens (tertiary/aromatic N) is 2. The van der Waals surface area contributed by atoms with Crippen LogP contribution < -0.4 is 14.9 Å². The first-order valence-corrected chi connectivity index (χ1v) is 14.1. The molecule has 6 nitrogen and oxygen atoms in total. The van der Waals surface area contributed by atoms with Gasteiger partial charge >= 0.3 is 5.97 Å². The van der Waals surface area contributed by atoms with Crippen LogP contribution in [-0.4, -0.2) is 17.1 Å². The Morgan fingerprint density at radius 2 is 1.90 bits per heavy atom. The molecule has 0 saturated carbocycles. The van der Waals surface area contributed by atoms with E-state index in [4.69, 9.17) is 32.4 Å². The number of rotatable bonds is 6. The van der Waals surface area contributed by atoms with Crippen LogP contribution in [0.1, 0.15) is 56.5 Å². The SMILES string of the molecule is CCOC(=O)C1=C(C)N=c2sc(=Cc3ccc(-c4cccc(Cl)c4Cl)o3)c(=O)n2C1c1ccc(C(C)C)cc1. The van der Waals surface area contributed by atoms with Crippen LogP contribution in [0.2, 0.25) is 10.0 Å². The van der Waals surface area contributed by atoms with Crippen molar-refractivity contribution in [2.24, 2.45) is 4.99 Å². The number of carbonyl (C=O) groups is 1. The number of fused-ring (bicyclic) bond motifs is 1. The van der Waals surface area contributed by atoms with E-state index in [9.17, 15) is 9.59 Å². The Labute approximate surface area is 239 Å². The maximum Gasteiger partial charge on any atom is 0.338 e. The molecule has 0 spiro atoms. The van der Waals surface area contributed by atoms with E-state index in [0.29, 0.717) is 53.7 Å². The van der Waals surface area contributed by atoms with Crippen molar-refractivity contribution in [2.75, 3.05) is 6.61 Å². The van der Waals surface area contributed by atoms with E-state index in [1.165, 1.54) is 11.3 Å². The molecule has 0 amide bonds. The fraction of sp³-hybridized carbons (Fsp3) is 0.233. The molecule has 3 heterocycles. The third kappa shape index (κ3) is 5.14. The molecule has 1 unspecified atom stereocenters. The standard InChI is InChI=1S/C30H26Cl2N2O4S/c1-5-37-29(36)25-17(4)33-30-34(27(25)19-11-9-18(10-12-19)16(2)3)28(35)24(39-30)15-20-13-14-23(38-20)21-7-6-8-22(31)26(21)32/h6-16,27H,5H2,1-4H3. The number of thiazole rings is 1. The Morgan fingerprint density at radius 3 is 2.59 bits per heavy atom. The normalized spacial score (nSPS) is 15.5. The van der Waals surface area contributed by atoms with E-state index in [1.807, 2.05) is 30.3 Å². The Hall–Kier alpha value is -3.39. The van der Waals surface area contributed by atoms with Gasteiger partial charge in [-0.3, -0.25) is 9.36 Å². The van der Waals surface area contributed by atoms with E-state index >= 15 is 0 Å². The van der Waals surface area contributed by atoms with E-state index < -0.39 is 12.0 Å². The van der Waals surface area contributed by atoms with Gasteiger partial charge in [-0.25, -0.2) is 9.79 Å². The summed E-state index contributed by atoms with van der Waals surface area (Å²) in [7, 11) is 0. The van der Waals surface area contributed by atoms with Crippen molar-refractivity contribution in [3.05, 3.63) is 112 Å². The highest BCUT2D eigenvalue weighted by Crippen LogP contribution is 2.35. The molecule has 0 saturated heterocycles. The van der Waals surface area contributed by atoms with Gasteiger partial charge in [0.2, 0.25) is 0 Å². The molecule has 200 valence electrons. The number of hydrogen-bond acceptors (Lipinski definition) is 6. The topological polar surface area (TPSA) is 73.8 Å². The lowest BCUT2D eigenvalue weighted by molar-refractivity contribution is -0.139. The number of hydrogen-bond donors (Lipinski definition) is 0. The summed E-state index contributed by atoms with van der Waals surface area (Å²) in [6, 6.07) is 16.2. The van der Waals surface area contributed by atoms with Crippen molar-refractivity contribution < 1.29 is 13.9 Å². The number of ether oxygens (including phenoxy) is 1. The number of halogens is 2. The van der Waals surface area contributed by atoms with Crippen LogP contribution in [-0.2, 0) is 9.53 Å². The van der Waals surface area contributed by atoms with Gasteiger partial charge in [-0.1, -0.05) is 78.7 Å². The summed E-state index contributed by atoms with van der Waals surface area (Å²) in [4.78, 5) is 32.0. The second-order valence-electron chi connectivity index (χ2n) is 9.43. The Kier molecular flexibility index (Phi) is 7.67. The molecule has 9 heteroatoms. The number of carbonyl (C=O) groups excluding carboxylic acids is 1. The number of esters is 1. The van der Waals surface area contributed by atoms with Crippen LogP contribution in [0.25, 0.3) is 17.4 Å². The van der Waals surface area contributed by atoms with Crippen LogP contribution in [0, 0.1) is 0 Å². The molecule has 0 N–H and O–H groups in total. The minimum Gasteiger partial charge on any atom is -0.463 e. The monoisotopic (exact) mass is 580 g/mol. The van der Waals surface area contributed by atoms with Crippen molar-refractivity contribution >= 4 is 46.6 Å². The summed E-state index contributed by atoms with van der Waals surface area (Å²) in [5, 5.41) is 0.819. The molecule has 2 aromatic heterocycles. The Balaban J connectivity index is 1.63. The lowest BCUT2D eigenvalue weighted by atomic mass is 9.93. The molecule has 4 aromatic rings. The lowest BCUT2D eigenvalue weighted by Crippen LogP contribution is -2.39. The van der Waals surface area contributed by atoms with E-state index in [0.717, 1.165) is 11.1 Å². The molecule has 1 atom stereocenters. The zero-order valence-electron chi connectivity index (χ0n) is 21.8. The van der Waals surface area contributed by atoms with Gasteiger partial charge in [0.05, 0.1) is 38.5 Å². The average Bonchev–Trinajstić information content (AvgIpc) is 3.49. The molecule has 0 bridgehead atoms. The lowest BCUT2D eigenvalue weighted by Gasteiger charge is -2.25. The summed E-state index contributed by atoms with van der Waals surface area (Å²) in [5.74, 6) is 0.874. The van der Waals surface area contributed by atoms with E-state index in [1.54, 1.807) is 48.8 Å². The van der Waals surface area contributed by atoms with Gasteiger partial charge in [-0.05, 0) is 55.2 Å². The van der Waals surface area contributed by atoms with Gasteiger partial charge in [0.1, 0.15) is 11.5 Å². The molecule has 39 heavy (non-hydrogen) atoms. The first-order chi connectivity index (χ1) is 18.7. The third-order valence-electron chi connectivity index (χ3n) is 6.55. The predicted molar refractivity (Wildman–Crippen MR) is 155 cm³/mol. The number of furan rings is 1. The number of aromatic nitrogens is 1. The zero-order chi connectivity index (χ0) is 27.8. The predicted octanol–water partition coefficient (Wildman–Crippen LogP) is 6.49. The first kappa shape index (κ1) is 27.2. The molecule has 1 aliphatic heterocycles. The smallest absolute Gasteiger partial charge is 0.338 e. The largest absolute Gasteiger partial charge is 0.463 e. The highest BCUT2D eigenvalue weighted by molar-refractivity contribution is 7.07. The van der Waals surface area contributed by atoms with Gasteiger partial charge in [0.25, 0.3) is 5.56 Å². The van der Waals surface area contributed by atoms with E-state index in [2.05, 4.69) is 18.8 Å². The number of benzene rings is 2.